The topological polar surface area (TPSA) is 12.0 Å². The average Bonchev–Trinajstić information content (AvgIpc) is 2.32. The van der Waals surface area contributed by atoms with E-state index in [1.54, 1.807) is 6.07 Å². The minimum absolute atomic E-state index is 0.258. The van der Waals surface area contributed by atoms with Crippen LogP contribution in [0.25, 0.3) is 0 Å². The van der Waals surface area contributed by atoms with Gasteiger partial charge in [-0.3, -0.25) is 0 Å². The highest BCUT2D eigenvalue weighted by Crippen LogP contribution is 2.23. The molecule has 0 saturated carbocycles. The minimum atomic E-state index is -0.258. The van der Waals surface area contributed by atoms with Gasteiger partial charge in [0.1, 0.15) is 5.82 Å². The van der Waals surface area contributed by atoms with Crippen LogP contribution in [0, 0.1) is 5.82 Å². The van der Waals surface area contributed by atoms with Crippen LogP contribution in [0.2, 0.25) is 5.02 Å². The smallest absolute Gasteiger partial charge is 0.125 e. The third kappa shape index (κ3) is 3.45. The lowest BCUT2D eigenvalue weighted by Crippen LogP contribution is -2.00. The van der Waals surface area contributed by atoms with Crippen molar-refractivity contribution in [3.63, 3.8) is 0 Å². The summed E-state index contributed by atoms with van der Waals surface area (Å²) in [6.45, 7) is 0.624. The van der Waals surface area contributed by atoms with E-state index in [4.69, 9.17) is 11.6 Å². The molecule has 2 aromatic carbocycles. The molecule has 88 valence electrons. The third-order valence-corrected chi connectivity index (χ3v) is 3.27. The van der Waals surface area contributed by atoms with Crippen molar-refractivity contribution in [1.82, 2.24) is 0 Å². The summed E-state index contributed by atoms with van der Waals surface area (Å²) < 4.78 is 13.9. The van der Waals surface area contributed by atoms with Gasteiger partial charge in [-0.1, -0.05) is 23.7 Å². The molecule has 0 unspecified atom stereocenters. The van der Waals surface area contributed by atoms with Gasteiger partial charge in [0.25, 0.3) is 0 Å². The zero-order chi connectivity index (χ0) is 12.3. The van der Waals surface area contributed by atoms with E-state index in [0.29, 0.717) is 11.6 Å². The Morgan fingerprint density at radius 3 is 2.53 bits per heavy atom. The number of anilines is 1. The van der Waals surface area contributed by atoms with Crippen LogP contribution < -0.4 is 5.32 Å². The maximum Gasteiger partial charge on any atom is 0.125 e. The van der Waals surface area contributed by atoms with Crippen LogP contribution in [0.1, 0.15) is 5.56 Å². The molecule has 0 saturated heterocycles. The Bertz CT molecular complexity index is 513. The number of hydrogen-bond donors (Lipinski definition) is 1. The molecule has 0 aliphatic heterocycles. The van der Waals surface area contributed by atoms with Gasteiger partial charge < -0.3 is 5.32 Å². The van der Waals surface area contributed by atoms with Crippen LogP contribution in [0.3, 0.4) is 0 Å². The minimum Gasteiger partial charge on any atom is -0.380 e. The Kier molecular flexibility index (Phi) is 4.02. The number of benzene rings is 2. The molecule has 4 heteroatoms. The second kappa shape index (κ2) is 5.52. The predicted octanol–water partition coefficient (Wildman–Crippen LogP) is 4.85. The quantitative estimate of drug-likeness (QED) is 0.853. The molecule has 0 heterocycles. The SMILES string of the molecule is Fc1ccc(Br)c(NCc2ccc(Cl)cc2)c1. The van der Waals surface area contributed by atoms with E-state index in [9.17, 15) is 4.39 Å². The highest BCUT2D eigenvalue weighted by Gasteiger charge is 2.01. The normalized spacial score (nSPS) is 10.3. The lowest BCUT2D eigenvalue weighted by molar-refractivity contribution is 0.628. The van der Waals surface area contributed by atoms with Gasteiger partial charge in [0.15, 0.2) is 0 Å². The fourth-order valence-electron chi connectivity index (χ4n) is 1.43. The van der Waals surface area contributed by atoms with Gasteiger partial charge in [-0.2, -0.15) is 0 Å². The molecule has 0 aromatic heterocycles. The van der Waals surface area contributed by atoms with Gasteiger partial charge in [0, 0.05) is 16.0 Å². The van der Waals surface area contributed by atoms with Crippen LogP contribution in [-0.4, -0.2) is 0 Å². The number of halogens is 3. The van der Waals surface area contributed by atoms with E-state index in [2.05, 4.69) is 21.2 Å². The van der Waals surface area contributed by atoms with Gasteiger partial charge in [-0.25, -0.2) is 4.39 Å². The van der Waals surface area contributed by atoms with Gasteiger partial charge in [-0.15, -0.1) is 0 Å². The highest BCUT2D eigenvalue weighted by molar-refractivity contribution is 9.10. The first-order valence-electron chi connectivity index (χ1n) is 5.08. The monoisotopic (exact) mass is 313 g/mol. The summed E-state index contributed by atoms with van der Waals surface area (Å²) in [6.07, 6.45) is 0. The first-order valence-corrected chi connectivity index (χ1v) is 6.25. The summed E-state index contributed by atoms with van der Waals surface area (Å²) in [7, 11) is 0. The molecule has 0 bridgehead atoms. The molecule has 0 radical (unpaired) electrons. The lowest BCUT2D eigenvalue weighted by Gasteiger charge is -2.08. The summed E-state index contributed by atoms with van der Waals surface area (Å²) in [5, 5.41) is 3.87. The van der Waals surface area contributed by atoms with Crippen molar-refractivity contribution in [2.24, 2.45) is 0 Å². The Labute approximate surface area is 113 Å². The molecule has 1 N–H and O–H groups in total. The number of hydrogen-bond acceptors (Lipinski definition) is 1. The second-order valence-corrected chi connectivity index (χ2v) is 4.89. The molecular formula is C13H10BrClFN. The summed E-state index contributed by atoms with van der Waals surface area (Å²) in [6, 6.07) is 12.1. The Morgan fingerprint density at radius 2 is 1.82 bits per heavy atom. The van der Waals surface area contributed by atoms with Crippen molar-refractivity contribution in [2.45, 2.75) is 6.54 Å². The van der Waals surface area contributed by atoms with Crippen molar-refractivity contribution in [1.29, 1.82) is 0 Å². The van der Waals surface area contributed by atoms with Gasteiger partial charge in [0.05, 0.1) is 5.69 Å². The van der Waals surface area contributed by atoms with Gasteiger partial charge in [0.2, 0.25) is 0 Å². The van der Waals surface area contributed by atoms with Gasteiger partial charge >= 0.3 is 0 Å². The molecule has 0 amide bonds. The largest absolute Gasteiger partial charge is 0.380 e. The van der Waals surface area contributed by atoms with E-state index in [1.807, 2.05) is 24.3 Å². The van der Waals surface area contributed by atoms with Crippen molar-refractivity contribution in [2.75, 3.05) is 5.32 Å². The molecule has 17 heavy (non-hydrogen) atoms. The summed E-state index contributed by atoms with van der Waals surface area (Å²) in [5.41, 5.74) is 1.82. The summed E-state index contributed by atoms with van der Waals surface area (Å²) in [5.74, 6) is -0.258. The van der Waals surface area contributed by atoms with Gasteiger partial charge in [-0.05, 0) is 51.8 Å². The fraction of sp³-hybridized carbons (Fsp3) is 0.0769. The predicted molar refractivity (Wildman–Crippen MR) is 72.9 cm³/mol. The van der Waals surface area contributed by atoms with E-state index in [0.717, 1.165) is 15.7 Å². The third-order valence-electron chi connectivity index (χ3n) is 2.32. The molecule has 0 spiro atoms. The van der Waals surface area contributed by atoms with Crippen LogP contribution >= 0.6 is 27.5 Å². The summed E-state index contributed by atoms with van der Waals surface area (Å²) >= 11 is 9.16. The molecular weight excluding hydrogens is 305 g/mol. The molecule has 0 fully saturated rings. The molecule has 1 nitrogen and oxygen atoms in total. The zero-order valence-electron chi connectivity index (χ0n) is 8.88. The standard InChI is InChI=1S/C13H10BrClFN/c14-12-6-5-11(16)7-13(12)17-8-9-1-3-10(15)4-2-9/h1-7,17H,8H2. The average molecular weight is 315 g/mol. The van der Waals surface area contributed by atoms with Crippen molar-refractivity contribution in [3.8, 4) is 0 Å². The molecule has 0 aliphatic rings. The molecule has 0 aliphatic carbocycles. The van der Waals surface area contributed by atoms with Crippen LogP contribution in [0.15, 0.2) is 46.9 Å². The Hall–Kier alpha value is -1.06. The maximum absolute atomic E-state index is 13.0. The zero-order valence-corrected chi connectivity index (χ0v) is 11.2. The van der Waals surface area contributed by atoms with E-state index in [1.165, 1.54) is 12.1 Å². The van der Waals surface area contributed by atoms with Crippen molar-refractivity contribution < 1.29 is 4.39 Å². The van der Waals surface area contributed by atoms with Crippen molar-refractivity contribution >= 4 is 33.2 Å². The van der Waals surface area contributed by atoms with Crippen molar-refractivity contribution in [3.05, 3.63) is 63.3 Å². The fourth-order valence-corrected chi connectivity index (χ4v) is 1.95. The van der Waals surface area contributed by atoms with E-state index < -0.39 is 0 Å². The first kappa shape index (κ1) is 12.4. The molecule has 2 rings (SSSR count). The first-order chi connectivity index (χ1) is 8.15. The van der Waals surface area contributed by atoms with E-state index >= 15 is 0 Å². The Balaban J connectivity index is 2.07. The number of nitrogens with one attached hydrogen (secondary N) is 1. The lowest BCUT2D eigenvalue weighted by atomic mass is 10.2. The van der Waals surface area contributed by atoms with Crippen LogP contribution in [-0.2, 0) is 6.54 Å². The van der Waals surface area contributed by atoms with E-state index in [-0.39, 0.29) is 5.82 Å². The van der Waals surface area contributed by atoms with Crippen LogP contribution in [0.5, 0.6) is 0 Å². The highest BCUT2D eigenvalue weighted by atomic mass is 79.9. The number of rotatable bonds is 3. The second-order valence-electron chi connectivity index (χ2n) is 3.60. The maximum atomic E-state index is 13.0. The molecule has 2 aromatic rings. The Morgan fingerprint density at radius 1 is 1.12 bits per heavy atom. The summed E-state index contributed by atoms with van der Waals surface area (Å²) in [4.78, 5) is 0. The molecule has 0 atom stereocenters. The van der Waals surface area contributed by atoms with Crippen LogP contribution in [0.4, 0.5) is 10.1 Å².